The van der Waals surface area contributed by atoms with E-state index in [1.807, 2.05) is 0 Å². The summed E-state index contributed by atoms with van der Waals surface area (Å²) in [5.41, 5.74) is 0.602. The van der Waals surface area contributed by atoms with Crippen LogP contribution in [0.5, 0.6) is 0 Å². The van der Waals surface area contributed by atoms with Gasteiger partial charge in [-0.25, -0.2) is 8.78 Å². The minimum absolute atomic E-state index is 0.261. The van der Waals surface area contributed by atoms with Crippen LogP contribution in [0.2, 0.25) is 0 Å². The molecule has 2 rings (SSSR count). The monoisotopic (exact) mass is 254 g/mol. The number of nitrogens with zero attached hydrogens (tertiary/aromatic N) is 1. The fourth-order valence-electron chi connectivity index (χ4n) is 2.41. The number of likely N-dealkylation sites (tertiary alicyclic amines) is 1. The quantitative estimate of drug-likeness (QED) is 0.891. The molecule has 18 heavy (non-hydrogen) atoms. The summed E-state index contributed by atoms with van der Waals surface area (Å²) in [6.07, 6.45) is 3.54. The summed E-state index contributed by atoms with van der Waals surface area (Å²) in [6, 6.07) is 2.89. The van der Waals surface area contributed by atoms with E-state index in [-0.39, 0.29) is 17.3 Å². The fraction of sp³-hybridized carbons (Fsp3) is 0.571. The molecule has 1 aliphatic heterocycles. The zero-order chi connectivity index (χ0) is 13.1. The van der Waals surface area contributed by atoms with Gasteiger partial charge in [-0.3, -0.25) is 0 Å². The van der Waals surface area contributed by atoms with Gasteiger partial charge in [-0.05, 0) is 45.0 Å². The van der Waals surface area contributed by atoms with E-state index in [0.29, 0.717) is 18.2 Å². The van der Waals surface area contributed by atoms with E-state index in [9.17, 15) is 8.78 Å². The van der Waals surface area contributed by atoms with Gasteiger partial charge in [0.05, 0.1) is 5.69 Å². The van der Waals surface area contributed by atoms with Crippen molar-refractivity contribution >= 4 is 5.69 Å². The van der Waals surface area contributed by atoms with Crippen LogP contribution in [0.25, 0.3) is 0 Å². The molecule has 1 saturated heterocycles. The van der Waals surface area contributed by atoms with Crippen LogP contribution in [0.15, 0.2) is 12.1 Å². The zero-order valence-corrected chi connectivity index (χ0v) is 11.0. The van der Waals surface area contributed by atoms with E-state index in [1.165, 1.54) is 25.0 Å². The smallest absolute Gasteiger partial charge is 0.146 e. The maximum Gasteiger partial charge on any atom is 0.146 e. The van der Waals surface area contributed by atoms with E-state index in [1.54, 1.807) is 6.92 Å². The molecule has 100 valence electrons. The predicted molar refractivity (Wildman–Crippen MR) is 69.9 cm³/mol. The van der Waals surface area contributed by atoms with Gasteiger partial charge in [0, 0.05) is 18.7 Å². The lowest BCUT2D eigenvalue weighted by molar-refractivity contribution is 0.194. The molecule has 1 N–H and O–H groups in total. The van der Waals surface area contributed by atoms with Crippen molar-refractivity contribution in [1.29, 1.82) is 0 Å². The average Bonchev–Trinajstić information content (AvgIpc) is 2.34. The fourth-order valence-corrected chi connectivity index (χ4v) is 2.41. The van der Waals surface area contributed by atoms with Gasteiger partial charge in [0.1, 0.15) is 11.6 Å². The van der Waals surface area contributed by atoms with Crippen molar-refractivity contribution in [3.05, 3.63) is 29.3 Å². The summed E-state index contributed by atoms with van der Waals surface area (Å²) in [6.45, 7) is 3.31. The Morgan fingerprint density at radius 2 is 2.06 bits per heavy atom. The number of halogens is 2. The molecule has 1 fully saturated rings. The van der Waals surface area contributed by atoms with Crippen LogP contribution in [-0.2, 0) is 0 Å². The van der Waals surface area contributed by atoms with Crippen molar-refractivity contribution in [1.82, 2.24) is 4.90 Å². The molecule has 4 heteroatoms. The highest BCUT2D eigenvalue weighted by molar-refractivity contribution is 5.47. The molecular weight excluding hydrogens is 234 g/mol. The Labute approximate surface area is 107 Å². The molecule has 0 spiro atoms. The minimum atomic E-state index is -0.382. The summed E-state index contributed by atoms with van der Waals surface area (Å²) in [4.78, 5) is 2.28. The SMILES string of the molecule is Cc1cc(F)c(NCC2CCCCN2C)cc1F. The highest BCUT2D eigenvalue weighted by Gasteiger charge is 2.19. The molecule has 0 saturated carbocycles. The van der Waals surface area contributed by atoms with E-state index in [2.05, 4.69) is 17.3 Å². The Kier molecular flexibility index (Phi) is 4.17. The molecule has 0 bridgehead atoms. The van der Waals surface area contributed by atoms with Crippen molar-refractivity contribution in [2.24, 2.45) is 0 Å². The van der Waals surface area contributed by atoms with Gasteiger partial charge in [-0.1, -0.05) is 6.42 Å². The second kappa shape index (κ2) is 5.65. The predicted octanol–water partition coefficient (Wildman–Crippen LogP) is 3.17. The maximum atomic E-state index is 13.6. The van der Waals surface area contributed by atoms with Crippen LogP contribution in [0, 0.1) is 18.6 Å². The third-order valence-corrected chi connectivity index (χ3v) is 3.70. The number of hydrogen-bond acceptors (Lipinski definition) is 2. The summed E-state index contributed by atoms with van der Waals surface area (Å²) in [5.74, 6) is -0.747. The first-order valence-corrected chi connectivity index (χ1v) is 6.47. The molecule has 1 aromatic carbocycles. The Morgan fingerprint density at radius 1 is 1.28 bits per heavy atom. The second-order valence-corrected chi connectivity index (χ2v) is 5.09. The number of benzene rings is 1. The van der Waals surface area contributed by atoms with Crippen molar-refractivity contribution in [2.75, 3.05) is 25.5 Å². The minimum Gasteiger partial charge on any atom is -0.381 e. The number of anilines is 1. The number of likely N-dealkylation sites (N-methyl/N-ethyl adjacent to an activating group) is 1. The van der Waals surface area contributed by atoms with Crippen LogP contribution in [-0.4, -0.2) is 31.1 Å². The summed E-state index contributed by atoms with van der Waals surface area (Å²) in [7, 11) is 2.08. The largest absolute Gasteiger partial charge is 0.381 e. The van der Waals surface area contributed by atoms with Gasteiger partial charge in [-0.15, -0.1) is 0 Å². The Hall–Kier alpha value is -1.16. The van der Waals surface area contributed by atoms with Crippen molar-refractivity contribution in [2.45, 2.75) is 32.2 Å². The van der Waals surface area contributed by atoms with Crippen molar-refractivity contribution in [3.8, 4) is 0 Å². The van der Waals surface area contributed by atoms with Gasteiger partial charge in [-0.2, -0.15) is 0 Å². The number of rotatable bonds is 3. The van der Waals surface area contributed by atoms with Crippen LogP contribution in [0.1, 0.15) is 24.8 Å². The highest BCUT2D eigenvalue weighted by atomic mass is 19.1. The topological polar surface area (TPSA) is 15.3 Å². The van der Waals surface area contributed by atoms with E-state index >= 15 is 0 Å². The lowest BCUT2D eigenvalue weighted by Gasteiger charge is -2.32. The van der Waals surface area contributed by atoms with E-state index in [4.69, 9.17) is 0 Å². The van der Waals surface area contributed by atoms with Gasteiger partial charge in [0.15, 0.2) is 0 Å². The number of aryl methyl sites for hydroxylation is 1. The average molecular weight is 254 g/mol. The van der Waals surface area contributed by atoms with Crippen molar-refractivity contribution < 1.29 is 8.78 Å². The van der Waals surface area contributed by atoms with Crippen LogP contribution < -0.4 is 5.32 Å². The van der Waals surface area contributed by atoms with E-state index < -0.39 is 0 Å². The molecule has 1 unspecified atom stereocenters. The van der Waals surface area contributed by atoms with Crippen LogP contribution >= 0.6 is 0 Å². The summed E-state index contributed by atoms with van der Waals surface area (Å²) < 4.78 is 27.0. The molecule has 1 aromatic rings. The molecule has 1 atom stereocenters. The Morgan fingerprint density at radius 3 is 2.78 bits per heavy atom. The summed E-state index contributed by atoms with van der Waals surface area (Å²) in [5, 5.41) is 3.02. The van der Waals surface area contributed by atoms with Gasteiger partial charge < -0.3 is 10.2 Å². The zero-order valence-electron chi connectivity index (χ0n) is 11.0. The Bertz CT molecular complexity index is 421. The lowest BCUT2D eigenvalue weighted by atomic mass is 10.0. The number of hydrogen-bond donors (Lipinski definition) is 1. The first kappa shape index (κ1) is 13.3. The third kappa shape index (κ3) is 2.99. The molecule has 0 radical (unpaired) electrons. The normalized spacial score (nSPS) is 21.0. The van der Waals surface area contributed by atoms with Gasteiger partial charge in [0.25, 0.3) is 0 Å². The summed E-state index contributed by atoms with van der Waals surface area (Å²) >= 11 is 0. The first-order chi connectivity index (χ1) is 8.58. The highest BCUT2D eigenvalue weighted by Crippen LogP contribution is 2.20. The number of piperidine rings is 1. The van der Waals surface area contributed by atoms with Crippen LogP contribution in [0.3, 0.4) is 0 Å². The Balaban J connectivity index is 1.99. The standard InChI is InChI=1S/C14H20F2N2/c1-10-7-13(16)14(8-12(10)15)17-9-11-5-3-4-6-18(11)2/h7-8,11,17H,3-6,9H2,1-2H3. The molecule has 0 aliphatic carbocycles. The molecule has 0 amide bonds. The van der Waals surface area contributed by atoms with E-state index in [0.717, 1.165) is 13.0 Å². The molecule has 2 nitrogen and oxygen atoms in total. The second-order valence-electron chi connectivity index (χ2n) is 5.09. The van der Waals surface area contributed by atoms with Crippen molar-refractivity contribution in [3.63, 3.8) is 0 Å². The molecule has 0 aromatic heterocycles. The lowest BCUT2D eigenvalue weighted by Crippen LogP contribution is -2.40. The van der Waals surface area contributed by atoms with Gasteiger partial charge in [0.2, 0.25) is 0 Å². The number of nitrogens with one attached hydrogen (secondary N) is 1. The third-order valence-electron chi connectivity index (χ3n) is 3.70. The molecular formula is C14H20F2N2. The molecule has 1 heterocycles. The molecule has 1 aliphatic rings. The maximum absolute atomic E-state index is 13.6. The first-order valence-electron chi connectivity index (χ1n) is 6.47. The van der Waals surface area contributed by atoms with Gasteiger partial charge >= 0.3 is 0 Å². The van der Waals surface area contributed by atoms with Crippen LogP contribution in [0.4, 0.5) is 14.5 Å².